The molecule has 37 heavy (non-hydrogen) atoms. The number of rotatable bonds is 11. The maximum Gasteiger partial charge on any atom is 0.242 e. The second-order valence-corrected chi connectivity index (χ2v) is 12.0. The first kappa shape index (κ1) is 28.9. The summed E-state index contributed by atoms with van der Waals surface area (Å²) < 4.78 is 39.8. The molecule has 2 amide bonds. The molecule has 10 heteroatoms. The average Bonchev–Trinajstić information content (AvgIpc) is 3.35. The Kier molecular flexibility index (Phi) is 9.95. The molecule has 0 radical (unpaired) electrons. The lowest BCUT2D eigenvalue weighted by atomic mass is 10.1. The number of anilines is 1. The third kappa shape index (κ3) is 7.92. The molecule has 0 aliphatic heterocycles. The molecular weight excluding hydrogens is 517 g/mol. The van der Waals surface area contributed by atoms with Gasteiger partial charge in [0.05, 0.1) is 11.9 Å². The monoisotopic (exact) mass is 551 g/mol. The zero-order valence-electron chi connectivity index (χ0n) is 21.5. The molecule has 3 rings (SSSR count). The summed E-state index contributed by atoms with van der Waals surface area (Å²) in [4.78, 5) is 27.8. The third-order valence-corrected chi connectivity index (χ3v) is 8.38. The fourth-order valence-corrected chi connectivity index (χ4v) is 5.80. The van der Waals surface area contributed by atoms with Gasteiger partial charge < -0.3 is 10.2 Å². The van der Waals surface area contributed by atoms with Crippen LogP contribution in [-0.2, 0) is 26.2 Å². The summed E-state index contributed by atoms with van der Waals surface area (Å²) in [7, 11) is -3.62. The lowest BCUT2D eigenvalue weighted by Crippen LogP contribution is -2.49. The zero-order chi connectivity index (χ0) is 27.2. The largest absolute Gasteiger partial charge is 0.352 e. The van der Waals surface area contributed by atoms with E-state index in [1.165, 1.54) is 21.3 Å². The minimum absolute atomic E-state index is 0.0356. The summed E-state index contributed by atoms with van der Waals surface area (Å²) in [6, 6.07) is 10.2. The molecule has 1 aliphatic rings. The SMILES string of the molecule is Cc1c(Cl)cccc1N(CCCC(=O)N(Cc1ccc(F)cc1)[C@@H](C)C(=O)NC1CCCC1)S(C)(=O)=O. The molecule has 1 N–H and O–H groups in total. The van der Waals surface area contributed by atoms with Crippen LogP contribution in [0.1, 0.15) is 56.6 Å². The maximum atomic E-state index is 13.4. The van der Waals surface area contributed by atoms with Crippen molar-refractivity contribution in [1.82, 2.24) is 10.2 Å². The molecule has 2 aromatic rings. The van der Waals surface area contributed by atoms with Gasteiger partial charge in [0.25, 0.3) is 0 Å². The summed E-state index contributed by atoms with van der Waals surface area (Å²) in [5.41, 5.74) is 1.80. The first-order valence-corrected chi connectivity index (χ1v) is 14.8. The van der Waals surface area contributed by atoms with E-state index in [1.54, 1.807) is 44.2 Å². The van der Waals surface area contributed by atoms with Crippen LogP contribution in [0.4, 0.5) is 10.1 Å². The van der Waals surface area contributed by atoms with Gasteiger partial charge in [-0.2, -0.15) is 0 Å². The quantitative estimate of drug-likeness (QED) is 0.434. The number of benzene rings is 2. The van der Waals surface area contributed by atoms with Crippen LogP contribution in [-0.4, -0.2) is 50.0 Å². The maximum absolute atomic E-state index is 13.4. The molecule has 202 valence electrons. The van der Waals surface area contributed by atoms with Crippen molar-refractivity contribution in [3.63, 3.8) is 0 Å². The van der Waals surface area contributed by atoms with Crippen LogP contribution >= 0.6 is 11.6 Å². The minimum atomic E-state index is -3.62. The number of carbonyl (C=O) groups excluding carboxylic acids is 2. The molecule has 1 atom stereocenters. The highest BCUT2D eigenvalue weighted by Crippen LogP contribution is 2.28. The van der Waals surface area contributed by atoms with Crippen LogP contribution in [0.5, 0.6) is 0 Å². The van der Waals surface area contributed by atoms with Gasteiger partial charge in [0.1, 0.15) is 11.9 Å². The molecule has 0 heterocycles. The van der Waals surface area contributed by atoms with Gasteiger partial charge in [0.2, 0.25) is 21.8 Å². The van der Waals surface area contributed by atoms with Crippen molar-refractivity contribution in [3.8, 4) is 0 Å². The summed E-state index contributed by atoms with van der Waals surface area (Å²) >= 11 is 6.20. The van der Waals surface area contributed by atoms with Crippen LogP contribution in [0.3, 0.4) is 0 Å². The van der Waals surface area contributed by atoms with E-state index in [2.05, 4.69) is 5.32 Å². The highest BCUT2D eigenvalue weighted by molar-refractivity contribution is 7.92. The van der Waals surface area contributed by atoms with Gasteiger partial charge in [-0.05, 0) is 68.5 Å². The number of halogens is 2. The van der Waals surface area contributed by atoms with Gasteiger partial charge in [-0.1, -0.05) is 42.6 Å². The molecule has 1 aliphatic carbocycles. The average molecular weight is 552 g/mol. The topological polar surface area (TPSA) is 86.8 Å². The van der Waals surface area contributed by atoms with Crippen molar-refractivity contribution in [2.24, 2.45) is 0 Å². The molecule has 2 aromatic carbocycles. The normalized spacial score (nSPS) is 14.8. The second kappa shape index (κ2) is 12.7. The molecular formula is C27H35ClFN3O4S. The minimum Gasteiger partial charge on any atom is -0.352 e. The predicted molar refractivity (Wildman–Crippen MR) is 144 cm³/mol. The van der Waals surface area contributed by atoms with Crippen molar-refractivity contribution in [2.45, 2.75) is 71.0 Å². The number of amides is 2. The van der Waals surface area contributed by atoms with E-state index in [0.29, 0.717) is 21.8 Å². The van der Waals surface area contributed by atoms with Crippen LogP contribution in [0, 0.1) is 12.7 Å². The lowest BCUT2D eigenvalue weighted by molar-refractivity contribution is -0.141. The molecule has 0 spiro atoms. The highest BCUT2D eigenvalue weighted by atomic mass is 35.5. The fourth-order valence-electron chi connectivity index (χ4n) is 4.61. The van der Waals surface area contributed by atoms with Gasteiger partial charge in [-0.15, -0.1) is 0 Å². The van der Waals surface area contributed by atoms with E-state index in [0.717, 1.165) is 31.9 Å². The third-order valence-electron chi connectivity index (χ3n) is 6.79. The van der Waals surface area contributed by atoms with Crippen molar-refractivity contribution >= 4 is 39.1 Å². The Labute approximate surface area is 224 Å². The number of sulfonamides is 1. The van der Waals surface area contributed by atoms with E-state index in [4.69, 9.17) is 11.6 Å². The van der Waals surface area contributed by atoms with E-state index in [-0.39, 0.29) is 49.6 Å². The first-order valence-electron chi connectivity index (χ1n) is 12.5. The molecule has 7 nitrogen and oxygen atoms in total. The summed E-state index contributed by atoms with van der Waals surface area (Å²) in [6.07, 6.45) is 5.39. The molecule has 0 aromatic heterocycles. The van der Waals surface area contributed by atoms with Crippen molar-refractivity contribution in [2.75, 3.05) is 17.1 Å². The van der Waals surface area contributed by atoms with Crippen LogP contribution in [0.15, 0.2) is 42.5 Å². The second-order valence-electron chi connectivity index (χ2n) is 9.64. The van der Waals surface area contributed by atoms with Crippen LogP contribution in [0.25, 0.3) is 0 Å². The fraction of sp³-hybridized carbons (Fsp3) is 0.481. The summed E-state index contributed by atoms with van der Waals surface area (Å²) in [6.45, 7) is 3.65. The molecule has 0 unspecified atom stereocenters. The van der Waals surface area contributed by atoms with E-state index >= 15 is 0 Å². The van der Waals surface area contributed by atoms with Crippen molar-refractivity contribution in [1.29, 1.82) is 0 Å². The number of nitrogens with one attached hydrogen (secondary N) is 1. The number of carbonyl (C=O) groups is 2. The Balaban J connectivity index is 1.73. The van der Waals surface area contributed by atoms with E-state index in [1.807, 2.05) is 0 Å². The van der Waals surface area contributed by atoms with Crippen molar-refractivity contribution < 1.29 is 22.4 Å². The first-order chi connectivity index (χ1) is 17.5. The van der Waals surface area contributed by atoms with Gasteiger partial charge in [0, 0.05) is 30.6 Å². The Morgan fingerprint density at radius 3 is 2.41 bits per heavy atom. The lowest BCUT2D eigenvalue weighted by Gasteiger charge is -2.30. The highest BCUT2D eigenvalue weighted by Gasteiger charge is 2.29. The smallest absolute Gasteiger partial charge is 0.242 e. The standard InChI is InChI=1S/C27H35ClFN3O4S/c1-19-24(28)10-6-11-25(19)32(37(3,35)36)17-7-12-26(33)31(18-21-13-15-22(29)16-14-21)20(2)27(34)30-23-8-4-5-9-23/h6,10-11,13-16,20,23H,4-5,7-9,12,17-18H2,1-3H3,(H,30,34)/t20-/m0/s1. The molecule has 1 saturated carbocycles. The zero-order valence-corrected chi connectivity index (χ0v) is 23.1. The van der Waals surface area contributed by atoms with Crippen LogP contribution < -0.4 is 9.62 Å². The van der Waals surface area contributed by atoms with Crippen LogP contribution in [0.2, 0.25) is 5.02 Å². The van der Waals surface area contributed by atoms with E-state index in [9.17, 15) is 22.4 Å². The molecule has 0 saturated heterocycles. The predicted octanol–water partition coefficient (Wildman–Crippen LogP) is 4.81. The Hall–Kier alpha value is -2.65. The Morgan fingerprint density at radius 1 is 1.14 bits per heavy atom. The van der Waals surface area contributed by atoms with Crippen molar-refractivity contribution in [3.05, 3.63) is 64.4 Å². The number of hydrogen-bond acceptors (Lipinski definition) is 4. The van der Waals surface area contributed by atoms with Gasteiger partial charge in [-0.25, -0.2) is 12.8 Å². The number of hydrogen-bond donors (Lipinski definition) is 1. The molecule has 1 fully saturated rings. The van der Waals surface area contributed by atoms with Gasteiger partial charge >= 0.3 is 0 Å². The summed E-state index contributed by atoms with van der Waals surface area (Å²) in [5, 5.41) is 3.50. The Bertz CT molecular complexity index is 1200. The molecule has 0 bridgehead atoms. The summed E-state index contributed by atoms with van der Waals surface area (Å²) in [5.74, 6) is -0.893. The van der Waals surface area contributed by atoms with E-state index < -0.39 is 16.1 Å². The Morgan fingerprint density at radius 2 is 1.78 bits per heavy atom. The number of nitrogens with zero attached hydrogens (tertiary/aromatic N) is 2. The van der Waals surface area contributed by atoms with Gasteiger partial charge in [-0.3, -0.25) is 13.9 Å². The van der Waals surface area contributed by atoms with Gasteiger partial charge in [0.15, 0.2) is 0 Å².